The fourth-order valence-electron chi connectivity index (χ4n) is 2.96. The lowest BCUT2D eigenvalue weighted by Crippen LogP contribution is -2.27. The summed E-state index contributed by atoms with van der Waals surface area (Å²) in [6.07, 6.45) is 4.02. The molecular formula is C19H23ClN2O2. The first-order valence-corrected chi connectivity index (χ1v) is 8.14. The van der Waals surface area contributed by atoms with Crippen molar-refractivity contribution in [1.82, 2.24) is 9.47 Å². The van der Waals surface area contributed by atoms with Gasteiger partial charge in [-0.1, -0.05) is 19.0 Å². The zero-order valence-corrected chi connectivity index (χ0v) is 13.8. The summed E-state index contributed by atoms with van der Waals surface area (Å²) in [4.78, 5) is 27.1. The van der Waals surface area contributed by atoms with Crippen LogP contribution in [0.1, 0.15) is 46.7 Å². The predicted octanol–water partition coefficient (Wildman–Crippen LogP) is 3.82. The van der Waals surface area contributed by atoms with Gasteiger partial charge in [-0.25, -0.2) is 0 Å². The molecule has 5 heteroatoms. The van der Waals surface area contributed by atoms with Crippen LogP contribution in [0.25, 0.3) is 0 Å². The summed E-state index contributed by atoms with van der Waals surface area (Å²) in [7, 11) is 1.80. The molecule has 1 aliphatic heterocycles. The average Bonchev–Trinajstić information content (AvgIpc) is 3.17. The molecule has 0 unspecified atom stereocenters. The van der Waals surface area contributed by atoms with Gasteiger partial charge in [-0.2, -0.15) is 0 Å². The van der Waals surface area contributed by atoms with Gasteiger partial charge >= 0.3 is 0 Å². The summed E-state index contributed by atoms with van der Waals surface area (Å²) in [5, 5.41) is 0.594. The van der Waals surface area contributed by atoms with Crippen molar-refractivity contribution in [2.45, 2.75) is 20.3 Å². The molecular weight excluding hydrogens is 324 g/mol. The van der Waals surface area contributed by atoms with Gasteiger partial charge in [0.2, 0.25) is 0 Å². The highest BCUT2D eigenvalue weighted by Crippen LogP contribution is 2.17. The number of carbonyl (C=O) groups excluding carboxylic acids is 2. The predicted molar refractivity (Wildman–Crippen MR) is 97.0 cm³/mol. The third-order valence-corrected chi connectivity index (χ3v) is 4.48. The van der Waals surface area contributed by atoms with E-state index in [1.807, 2.05) is 0 Å². The van der Waals surface area contributed by atoms with Crippen molar-refractivity contribution in [2.75, 3.05) is 19.6 Å². The van der Waals surface area contributed by atoms with E-state index in [9.17, 15) is 9.59 Å². The second kappa shape index (κ2) is 7.77. The van der Waals surface area contributed by atoms with Crippen molar-refractivity contribution in [3.8, 4) is 0 Å². The van der Waals surface area contributed by atoms with Crippen LogP contribution in [0, 0.1) is 0 Å². The third kappa shape index (κ3) is 3.94. The molecule has 24 heavy (non-hydrogen) atoms. The molecule has 0 atom stereocenters. The number of Topliss-reactive ketones (excluding diaryl/α,β-unsaturated/α-hetero) is 1. The van der Waals surface area contributed by atoms with E-state index >= 15 is 0 Å². The molecule has 3 rings (SSSR count). The Morgan fingerprint density at radius 3 is 2.33 bits per heavy atom. The molecule has 1 aromatic carbocycles. The van der Waals surface area contributed by atoms with Crippen molar-refractivity contribution in [2.24, 2.45) is 7.05 Å². The summed E-state index contributed by atoms with van der Waals surface area (Å²) >= 11 is 5.85. The minimum absolute atomic E-state index is 0. The quantitative estimate of drug-likeness (QED) is 0.773. The minimum atomic E-state index is -0.0995. The van der Waals surface area contributed by atoms with E-state index in [0.717, 1.165) is 25.9 Å². The zero-order chi connectivity index (χ0) is 16.4. The number of aryl methyl sites for hydroxylation is 1. The van der Waals surface area contributed by atoms with Crippen LogP contribution in [0.2, 0.25) is 5.02 Å². The van der Waals surface area contributed by atoms with Gasteiger partial charge in [0.05, 0.1) is 12.2 Å². The van der Waals surface area contributed by atoms with Crippen LogP contribution < -0.4 is 0 Å². The molecule has 0 amide bonds. The van der Waals surface area contributed by atoms with E-state index in [1.165, 1.54) is 0 Å². The second-order valence-corrected chi connectivity index (χ2v) is 6.40. The van der Waals surface area contributed by atoms with Crippen LogP contribution in [-0.2, 0) is 7.05 Å². The number of hydrogen-bond acceptors (Lipinski definition) is 3. The first-order valence-electron chi connectivity index (χ1n) is 7.77. The zero-order valence-electron chi connectivity index (χ0n) is 13.1. The second-order valence-electron chi connectivity index (χ2n) is 5.97. The highest BCUT2D eigenvalue weighted by Gasteiger charge is 2.20. The van der Waals surface area contributed by atoms with Crippen LogP contribution in [0.4, 0.5) is 0 Å². The van der Waals surface area contributed by atoms with Crippen LogP contribution in [0.15, 0.2) is 36.5 Å². The Balaban J connectivity index is 0.00000208. The van der Waals surface area contributed by atoms with Crippen LogP contribution in [0.5, 0.6) is 0 Å². The molecule has 2 heterocycles. The van der Waals surface area contributed by atoms with Gasteiger partial charge in [-0.15, -0.1) is 0 Å². The van der Waals surface area contributed by atoms with Crippen molar-refractivity contribution >= 4 is 23.2 Å². The SMILES string of the molecule is C.Cn1cc(C(=O)c2ccc(Cl)cc2)cc1C(=O)CN1CCCC1. The maximum atomic E-state index is 12.5. The summed E-state index contributed by atoms with van der Waals surface area (Å²) in [6, 6.07) is 8.47. The lowest BCUT2D eigenvalue weighted by molar-refractivity contribution is 0.0937. The van der Waals surface area contributed by atoms with E-state index in [4.69, 9.17) is 11.6 Å². The molecule has 1 saturated heterocycles. The van der Waals surface area contributed by atoms with Crippen molar-refractivity contribution in [1.29, 1.82) is 0 Å². The van der Waals surface area contributed by atoms with Crippen LogP contribution >= 0.6 is 11.6 Å². The number of ketones is 2. The van der Waals surface area contributed by atoms with E-state index < -0.39 is 0 Å². The van der Waals surface area contributed by atoms with Crippen molar-refractivity contribution < 1.29 is 9.59 Å². The standard InChI is InChI=1S/C18H19ClN2O2.CH4/c1-20-11-14(18(23)13-4-6-15(19)7-5-13)10-16(20)17(22)12-21-8-2-3-9-21;/h4-7,10-11H,2-3,8-9,12H2,1H3;1H4. The van der Waals surface area contributed by atoms with Gasteiger partial charge in [0.25, 0.3) is 0 Å². The molecule has 1 aromatic heterocycles. The van der Waals surface area contributed by atoms with Crippen molar-refractivity contribution in [3.05, 3.63) is 58.4 Å². The molecule has 0 aliphatic carbocycles. The number of benzene rings is 1. The molecule has 0 N–H and O–H groups in total. The fraction of sp³-hybridized carbons (Fsp3) is 0.368. The Hall–Kier alpha value is -1.91. The maximum Gasteiger partial charge on any atom is 0.194 e. The Labute approximate surface area is 148 Å². The number of halogens is 1. The molecule has 2 aromatic rings. The molecule has 0 bridgehead atoms. The summed E-state index contributed by atoms with van der Waals surface area (Å²) < 4.78 is 1.74. The monoisotopic (exact) mass is 346 g/mol. The third-order valence-electron chi connectivity index (χ3n) is 4.23. The van der Waals surface area contributed by atoms with E-state index in [1.54, 1.807) is 48.1 Å². The van der Waals surface area contributed by atoms with Gasteiger partial charge in [-0.05, 0) is 56.3 Å². The number of aromatic nitrogens is 1. The number of likely N-dealkylation sites (tertiary alicyclic amines) is 1. The summed E-state index contributed by atoms with van der Waals surface area (Å²) in [5.74, 6) is -0.0398. The smallest absolute Gasteiger partial charge is 0.194 e. The summed E-state index contributed by atoms with van der Waals surface area (Å²) in [6.45, 7) is 2.38. The topological polar surface area (TPSA) is 42.3 Å². The van der Waals surface area contributed by atoms with Crippen molar-refractivity contribution in [3.63, 3.8) is 0 Å². The Bertz CT molecular complexity index is 728. The van der Waals surface area contributed by atoms with Crippen LogP contribution in [0.3, 0.4) is 0 Å². The molecule has 0 saturated carbocycles. The molecule has 0 radical (unpaired) electrons. The highest BCUT2D eigenvalue weighted by molar-refractivity contribution is 6.30. The number of nitrogens with zero attached hydrogens (tertiary/aromatic N) is 2. The molecule has 1 aliphatic rings. The Kier molecular flexibility index (Phi) is 5.97. The number of hydrogen-bond donors (Lipinski definition) is 0. The van der Waals surface area contributed by atoms with E-state index in [2.05, 4.69) is 4.90 Å². The molecule has 1 fully saturated rings. The normalized spacial score (nSPS) is 14.4. The van der Waals surface area contributed by atoms with Gasteiger partial charge in [-0.3, -0.25) is 14.5 Å². The van der Waals surface area contributed by atoms with Gasteiger partial charge in [0, 0.05) is 29.4 Å². The van der Waals surface area contributed by atoms with Crippen LogP contribution in [-0.4, -0.2) is 40.7 Å². The summed E-state index contributed by atoms with van der Waals surface area (Å²) in [5.41, 5.74) is 1.67. The lowest BCUT2D eigenvalue weighted by atomic mass is 10.1. The van der Waals surface area contributed by atoms with E-state index in [-0.39, 0.29) is 19.0 Å². The number of rotatable bonds is 5. The highest BCUT2D eigenvalue weighted by atomic mass is 35.5. The maximum absolute atomic E-state index is 12.5. The molecule has 128 valence electrons. The molecule has 0 spiro atoms. The Morgan fingerprint density at radius 1 is 1.08 bits per heavy atom. The van der Waals surface area contributed by atoms with Gasteiger partial charge < -0.3 is 4.57 Å². The van der Waals surface area contributed by atoms with Gasteiger partial charge in [0.15, 0.2) is 11.6 Å². The minimum Gasteiger partial charge on any atom is -0.347 e. The largest absolute Gasteiger partial charge is 0.347 e. The molecule has 4 nitrogen and oxygen atoms in total. The number of carbonyl (C=O) groups is 2. The van der Waals surface area contributed by atoms with E-state index in [0.29, 0.717) is 28.4 Å². The first-order chi connectivity index (χ1) is 11.0. The Morgan fingerprint density at radius 2 is 1.71 bits per heavy atom. The fourth-order valence-corrected chi connectivity index (χ4v) is 3.08. The first kappa shape index (κ1) is 18.4. The lowest BCUT2D eigenvalue weighted by Gasteiger charge is -2.13. The van der Waals surface area contributed by atoms with Gasteiger partial charge in [0.1, 0.15) is 0 Å². The average molecular weight is 347 g/mol.